The van der Waals surface area contributed by atoms with Gasteiger partial charge in [-0.25, -0.2) is 0 Å². The largest absolute Gasteiger partial charge is 0.465 e. The predicted molar refractivity (Wildman–Crippen MR) is 67.9 cm³/mol. The van der Waals surface area contributed by atoms with Gasteiger partial charge >= 0.3 is 5.97 Å². The summed E-state index contributed by atoms with van der Waals surface area (Å²) in [5, 5.41) is -0.406. The molecule has 0 aromatic carbocycles. The number of hydrogen-bond donors (Lipinski definition) is 0. The van der Waals surface area contributed by atoms with Gasteiger partial charge in [-0.15, -0.1) is 0 Å². The van der Waals surface area contributed by atoms with Crippen LogP contribution in [0, 0.1) is 0 Å². The monoisotopic (exact) mass is 266 g/mol. The Labute approximate surface area is 106 Å². The summed E-state index contributed by atoms with van der Waals surface area (Å²) >= 11 is 6.90. The molecule has 0 aliphatic heterocycles. The lowest BCUT2D eigenvalue weighted by Gasteiger charge is -2.17. The van der Waals surface area contributed by atoms with Crippen molar-refractivity contribution >= 4 is 34.6 Å². The third-order valence-corrected chi connectivity index (χ3v) is 3.06. The molecule has 0 unspecified atom stereocenters. The highest BCUT2D eigenvalue weighted by atomic mass is 35.5. The van der Waals surface area contributed by atoms with Crippen molar-refractivity contribution in [3.63, 3.8) is 0 Å². The predicted octanol–water partition coefficient (Wildman–Crippen LogP) is 3.00. The Bertz CT molecular complexity index is 236. The second kappa shape index (κ2) is 7.96. The molecular formula is C11H19ClO3S. The summed E-state index contributed by atoms with van der Waals surface area (Å²) in [6.45, 7) is 6.78. The first kappa shape index (κ1) is 15.8. The molecule has 0 saturated heterocycles. The maximum absolute atomic E-state index is 11.2. The SMILES string of the molecule is CC(C)(C)SCCOC(=O)CCCC(=O)Cl. The summed E-state index contributed by atoms with van der Waals surface area (Å²) in [7, 11) is 0. The highest BCUT2D eigenvalue weighted by Gasteiger charge is 2.10. The highest BCUT2D eigenvalue weighted by Crippen LogP contribution is 2.22. The molecule has 0 aromatic heterocycles. The van der Waals surface area contributed by atoms with Crippen molar-refractivity contribution in [1.29, 1.82) is 0 Å². The molecule has 0 fully saturated rings. The van der Waals surface area contributed by atoms with Gasteiger partial charge in [-0.1, -0.05) is 20.8 Å². The lowest BCUT2D eigenvalue weighted by atomic mass is 10.2. The van der Waals surface area contributed by atoms with Gasteiger partial charge in [-0.3, -0.25) is 9.59 Å². The molecule has 0 aromatic rings. The van der Waals surface area contributed by atoms with Crippen molar-refractivity contribution in [1.82, 2.24) is 0 Å². The molecule has 16 heavy (non-hydrogen) atoms. The molecular weight excluding hydrogens is 248 g/mol. The molecule has 0 atom stereocenters. The van der Waals surface area contributed by atoms with Crippen LogP contribution >= 0.6 is 23.4 Å². The van der Waals surface area contributed by atoms with Crippen LogP contribution in [-0.4, -0.2) is 28.3 Å². The van der Waals surface area contributed by atoms with Crippen molar-refractivity contribution in [2.75, 3.05) is 12.4 Å². The third-order valence-electron chi connectivity index (χ3n) is 1.64. The van der Waals surface area contributed by atoms with E-state index in [-0.39, 0.29) is 23.6 Å². The Morgan fingerprint density at radius 1 is 1.25 bits per heavy atom. The van der Waals surface area contributed by atoms with E-state index in [9.17, 15) is 9.59 Å². The normalized spacial score (nSPS) is 11.2. The van der Waals surface area contributed by atoms with E-state index in [4.69, 9.17) is 16.3 Å². The summed E-state index contributed by atoms with van der Waals surface area (Å²) in [5.41, 5.74) is 0. The molecule has 3 nitrogen and oxygen atoms in total. The van der Waals surface area contributed by atoms with Crippen LogP contribution in [0.5, 0.6) is 0 Å². The Morgan fingerprint density at radius 3 is 2.38 bits per heavy atom. The van der Waals surface area contributed by atoms with E-state index in [1.807, 2.05) is 0 Å². The molecule has 0 amide bonds. The number of rotatable bonds is 7. The summed E-state index contributed by atoms with van der Waals surface area (Å²) < 4.78 is 5.20. The van der Waals surface area contributed by atoms with E-state index in [1.54, 1.807) is 11.8 Å². The summed E-state index contributed by atoms with van der Waals surface area (Å²) in [5.74, 6) is 0.538. The molecule has 0 aliphatic carbocycles. The van der Waals surface area contributed by atoms with E-state index in [0.29, 0.717) is 13.0 Å². The van der Waals surface area contributed by atoms with E-state index >= 15 is 0 Å². The third kappa shape index (κ3) is 11.9. The minimum Gasteiger partial charge on any atom is -0.465 e. The molecule has 0 spiro atoms. The fourth-order valence-electron chi connectivity index (χ4n) is 0.947. The smallest absolute Gasteiger partial charge is 0.305 e. The van der Waals surface area contributed by atoms with Crippen LogP contribution in [0.3, 0.4) is 0 Å². The quantitative estimate of drug-likeness (QED) is 0.404. The van der Waals surface area contributed by atoms with E-state index in [1.165, 1.54) is 0 Å². The lowest BCUT2D eigenvalue weighted by molar-refractivity contribution is -0.143. The first-order chi connectivity index (χ1) is 7.31. The minimum absolute atomic E-state index is 0.192. The van der Waals surface area contributed by atoms with Gasteiger partial charge in [0.15, 0.2) is 0 Å². The summed E-state index contributed by atoms with van der Waals surface area (Å²) in [6.07, 6.45) is 0.958. The average Bonchev–Trinajstić information content (AvgIpc) is 2.10. The van der Waals surface area contributed by atoms with E-state index < -0.39 is 5.24 Å². The Morgan fingerprint density at radius 2 is 1.88 bits per heavy atom. The zero-order valence-corrected chi connectivity index (χ0v) is 11.6. The standard InChI is InChI=1S/C11H19ClO3S/c1-11(2,3)16-8-7-15-10(14)6-4-5-9(12)13/h4-8H2,1-3H3. The fourth-order valence-corrected chi connectivity index (χ4v) is 1.86. The molecule has 0 heterocycles. The molecule has 94 valence electrons. The van der Waals surface area contributed by atoms with Crippen molar-refractivity contribution in [2.45, 2.75) is 44.8 Å². The van der Waals surface area contributed by atoms with Crippen LogP contribution in [0.25, 0.3) is 0 Å². The van der Waals surface area contributed by atoms with Gasteiger partial charge in [-0.05, 0) is 18.0 Å². The maximum Gasteiger partial charge on any atom is 0.305 e. The van der Waals surface area contributed by atoms with Crippen molar-refractivity contribution in [3.8, 4) is 0 Å². The number of halogens is 1. The van der Waals surface area contributed by atoms with Crippen LogP contribution in [0.4, 0.5) is 0 Å². The van der Waals surface area contributed by atoms with E-state index in [0.717, 1.165) is 5.75 Å². The fraction of sp³-hybridized carbons (Fsp3) is 0.818. The van der Waals surface area contributed by atoms with Gasteiger partial charge in [0.2, 0.25) is 5.24 Å². The van der Waals surface area contributed by atoms with Gasteiger partial charge in [-0.2, -0.15) is 11.8 Å². The number of hydrogen-bond acceptors (Lipinski definition) is 4. The van der Waals surface area contributed by atoms with Crippen LogP contribution in [0.2, 0.25) is 0 Å². The van der Waals surface area contributed by atoms with Crippen LogP contribution in [0.15, 0.2) is 0 Å². The van der Waals surface area contributed by atoms with Gasteiger partial charge in [0.1, 0.15) is 6.61 Å². The lowest BCUT2D eigenvalue weighted by Crippen LogP contribution is -2.13. The summed E-state index contributed by atoms with van der Waals surface area (Å²) in [6, 6.07) is 0. The second-order valence-electron chi connectivity index (χ2n) is 4.39. The van der Waals surface area contributed by atoms with Crippen LogP contribution < -0.4 is 0 Å². The zero-order valence-electron chi connectivity index (χ0n) is 10.0. The van der Waals surface area contributed by atoms with Gasteiger partial charge in [0, 0.05) is 23.3 Å². The highest BCUT2D eigenvalue weighted by molar-refractivity contribution is 8.00. The topological polar surface area (TPSA) is 43.4 Å². The van der Waals surface area contributed by atoms with Gasteiger partial charge < -0.3 is 4.74 Å². The second-order valence-corrected chi connectivity index (χ2v) is 6.73. The summed E-state index contributed by atoms with van der Waals surface area (Å²) in [4.78, 5) is 21.6. The van der Waals surface area contributed by atoms with Crippen LogP contribution in [-0.2, 0) is 14.3 Å². The Balaban J connectivity index is 3.41. The zero-order chi connectivity index (χ0) is 12.6. The average molecular weight is 267 g/mol. The van der Waals surface area contributed by atoms with Crippen molar-refractivity contribution in [3.05, 3.63) is 0 Å². The first-order valence-corrected chi connectivity index (χ1v) is 6.65. The number of carbonyl (C=O) groups is 2. The van der Waals surface area contributed by atoms with Gasteiger partial charge in [0.25, 0.3) is 0 Å². The maximum atomic E-state index is 11.2. The molecule has 0 radical (unpaired) electrons. The molecule has 0 aliphatic rings. The molecule has 0 N–H and O–H groups in total. The van der Waals surface area contributed by atoms with Gasteiger partial charge in [0.05, 0.1) is 0 Å². The molecule has 0 rings (SSSR count). The number of ether oxygens (including phenoxy) is 1. The number of thioether (sulfide) groups is 1. The number of carbonyl (C=O) groups excluding carboxylic acids is 2. The molecule has 5 heteroatoms. The van der Waals surface area contributed by atoms with Crippen molar-refractivity contribution in [2.24, 2.45) is 0 Å². The molecule has 0 bridgehead atoms. The Hall–Kier alpha value is -0.220. The number of esters is 1. The Kier molecular flexibility index (Phi) is 7.85. The molecule has 0 saturated carbocycles. The first-order valence-electron chi connectivity index (χ1n) is 5.29. The van der Waals surface area contributed by atoms with E-state index in [2.05, 4.69) is 20.8 Å². The minimum atomic E-state index is -0.406. The van der Waals surface area contributed by atoms with Crippen LogP contribution in [0.1, 0.15) is 40.0 Å². The van der Waals surface area contributed by atoms with Crippen molar-refractivity contribution < 1.29 is 14.3 Å².